The van der Waals surface area contributed by atoms with E-state index in [-0.39, 0.29) is 0 Å². The molecule has 7 heteroatoms. The van der Waals surface area contributed by atoms with E-state index in [0.29, 0.717) is 16.7 Å². The molecular weight excluding hydrogens is 248 g/mol. The molecule has 98 valence electrons. The molecule has 2 amide bonds. The third kappa shape index (κ3) is 3.15. The van der Waals surface area contributed by atoms with Crippen LogP contribution in [0.4, 0.5) is 10.5 Å². The van der Waals surface area contributed by atoms with Crippen LogP contribution < -0.4 is 10.6 Å². The normalized spacial score (nSPS) is 11.8. The van der Waals surface area contributed by atoms with Gasteiger partial charge in [0.2, 0.25) is 0 Å². The van der Waals surface area contributed by atoms with E-state index in [9.17, 15) is 9.59 Å². The van der Waals surface area contributed by atoms with Crippen molar-refractivity contribution in [2.45, 2.75) is 13.0 Å². The van der Waals surface area contributed by atoms with Crippen molar-refractivity contribution in [1.29, 1.82) is 0 Å². The summed E-state index contributed by atoms with van der Waals surface area (Å²) in [7, 11) is 0. The Bertz CT molecular complexity index is 629. The fourth-order valence-corrected chi connectivity index (χ4v) is 1.47. The molecule has 2 rings (SSSR count). The standard InChI is InChI=1S/C12H12N4O3/c1-7(11(17)18)15-12(19)16-8-2-3-9-10(6-8)14-5-4-13-9/h2-7H,1H3,(H,17,18)(H2,15,16,19). The van der Waals surface area contributed by atoms with Crippen LogP contribution in [0.5, 0.6) is 0 Å². The summed E-state index contributed by atoms with van der Waals surface area (Å²) in [5.74, 6) is -1.10. The highest BCUT2D eigenvalue weighted by Crippen LogP contribution is 2.14. The van der Waals surface area contributed by atoms with Gasteiger partial charge in [0.25, 0.3) is 0 Å². The number of carbonyl (C=O) groups is 2. The first-order valence-corrected chi connectivity index (χ1v) is 5.57. The van der Waals surface area contributed by atoms with Gasteiger partial charge in [-0.15, -0.1) is 0 Å². The van der Waals surface area contributed by atoms with E-state index >= 15 is 0 Å². The van der Waals surface area contributed by atoms with E-state index in [1.165, 1.54) is 6.92 Å². The maximum Gasteiger partial charge on any atom is 0.325 e. The highest BCUT2D eigenvalue weighted by Gasteiger charge is 2.13. The first kappa shape index (κ1) is 12.7. The van der Waals surface area contributed by atoms with Crippen LogP contribution in [0.3, 0.4) is 0 Å². The van der Waals surface area contributed by atoms with Gasteiger partial charge in [-0.25, -0.2) is 4.79 Å². The first-order chi connectivity index (χ1) is 9.06. The molecule has 19 heavy (non-hydrogen) atoms. The lowest BCUT2D eigenvalue weighted by Gasteiger charge is -2.10. The SMILES string of the molecule is CC(NC(=O)Nc1ccc2nccnc2c1)C(=O)O. The second-order valence-electron chi connectivity index (χ2n) is 3.92. The van der Waals surface area contributed by atoms with Crippen molar-refractivity contribution in [2.24, 2.45) is 0 Å². The molecule has 0 spiro atoms. The fourth-order valence-electron chi connectivity index (χ4n) is 1.47. The molecule has 1 aromatic heterocycles. The summed E-state index contributed by atoms with van der Waals surface area (Å²) >= 11 is 0. The van der Waals surface area contributed by atoms with Gasteiger partial charge in [-0.2, -0.15) is 0 Å². The fraction of sp³-hybridized carbons (Fsp3) is 0.167. The number of nitrogens with zero attached hydrogens (tertiary/aromatic N) is 2. The smallest absolute Gasteiger partial charge is 0.325 e. The molecule has 1 atom stereocenters. The Balaban J connectivity index is 2.09. The number of benzene rings is 1. The van der Waals surface area contributed by atoms with Crippen LogP contribution in [0, 0.1) is 0 Å². The Kier molecular flexibility index (Phi) is 3.56. The topological polar surface area (TPSA) is 104 Å². The lowest BCUT2D eigenvalue weighted by molar-refractivity contribution is -0.138. The van der Waals surface area contributed by atoms with E-state index in [0.717, 1.165) is 0 Å². The molecular formula is C12H12N4O3. The van der Waals surface area contributed by atoms with E-state index < -0.39 is 18.0 Å². The van der Waals surface area contributed by atoms with Crippen LogP contribution in [-0.4, -0.2) is 33.1 Å². The Morgan fingerprint density at radius 1 is 1.21 bits per heavy atom. The van der Waals surface area contributed by atoms with Gasteiger partial charge in [0.15, 0.2) is 0 Å². The minimum absolute atomic E-state index is 0.517. The van der Waals surface area contributed by atoms with Gasteiger partial charge in [0.1, 0.15) is 6.04 Å². The van der Waals surface area contributed by atoms with Crippen LogP contribution in [0.25, 0.3) is 11.0 Å². The van der Waals surface area contributed by atoms with E-state index in [4.69, 9.17) is 5.11 Å². The number of anilines is 1. The Hall–Kier alpha value is -2.70. The number of hydrogen-bond donors (Lipinski definition) is 3. The summed E-state index contributed by atoms with van der Waals surface area (Å²) in [5.41, 5.74) is 1.88. The lowest BCUT2D eigenvalue weighted by atomic mass is 10.2. The minimum Gasteiger partial charge on any atom is -0.480 e. The highest BCUT2D eigenvalue weighted by molar-refractivity contribution is 5.93. The lowest BCUT2D eigenvalue weighted by Crippen LogP contribution is -2.40. The summed E-state index contributed by atoms with van der Waals surface area (Å²) in [6.45, 7) is 1.38. The predicted molar refractivity (Wildman–Crippen MR) is 68.8 cm³/mol. The van der Waals surface area contributed by atoms with E-state index in [2.05, 4.69) is 20.6 Å². The molecule has 2 aromatic rings. The van der Waals surface area contributed by atoms with Crippen molar-refractivity contribution in [3.63, 3.8) is 0 Å². The maximum atomic E-state index is 11.5. The number of carbonyl (C=O) groups excluding carboxylic acids is 1. The van der Waals surface area contributed by atoms with Crippen LogP contribution in [0.2, 0.25) is 0 Å². The molecule has 1 heterocycles. The molecule has 0 aliphatic carbocycles. The van der Waals surface area contributed by atoms with Crippen LogP contribution in [0.15, 0.2) is 30.6 Å². The van der Waals surface area contributed by atoms with Gasteiger partial charge in [-0.05, 0) is 25.1 Å². The zero-order chi connectivity index (χ0) is 13.8. The molecule has 0 aliphatic rings. The van der Waals surface area contributed by atoms with Crippen LogP contribution >= 0.6 is 0 Å². The third-order valence-electron chi connectivity index (χ3n) is 2.45. The average Bonchev–Trinajstić information content (AvgIpc) is 2.38. The molecule has 1 unspecified atom stereocenters. The van der Waals surface area contributed by atoms with E-state index in [1.807, 2.05) is 0 Å². The van der Waals surface area contributed by atoms with Gasteiger partial charge in [0.05, 0.1) is 11.0 Å². The van der Waals surface area contributed by atoms with Crippen molar-refractivity contribution in [3.05, 3.63) is 30.6 Å². The minimum atomic E-state index is -1.10. The van der Waals surface area contributed by atoms with Crippen molar-refractivity contribution in [1.82, 2.24) is 15.3 Å². The number of carboxylic acids is 1. The molecule has 0 bridgehead atoms. The number of aromatic nitrogens is 2. The number of aliphatic carboxylic acids is 1. The second kappa shape index (κ2) is 5.30. The molecule has 0 saturated heterocycles. The number of amides is 2. The zero-order valence-electron chi connectivity index (χ0n) is 10.1. The Labute approximate surface area is 108 Å². The summed E-state index contributed by atoms with van der Waals surface area (Å²) in [6, 6.07) is 3.51. The van der Waals surface area contributed by atoms with Gasteiger partial charge in [-0.1, -0.05) is 0 Å². The highest BCUT2D eigenvalue weighted by atomic mass is 16.4. The molecule has 0 radical (unpaired) electrons. The predicted octanol–water partition coefficient (Wildman–Crippen LogP) is 1.22. The van der Waals surface area contributed by atoms with Gasteiger partial charge in [-0.3, -0.25) is 14.8 Å². The summed E-state index contributed by atoms with van der Waals surface area (Å²) in [4.78, 5) is 30.4. The van der Waals surface area contributed by atoms with Gasteiger partial charge < -0.3 is 15.7 Å². The Morgan fingerprint density at radius 3 is 2.58 bits per heavy atom. The van der Waals surface area contributed by atoms with Crippen LogP contribution in [-0.2, 0) is 4.79 Å². The number of hydrogen-bond acceptors (Lipinski definition) is 4. The quantitative estimate of drug-likeness (QED) is 0.769. The van der Waals surface area contributed by atoms with Crippen molar-refractivity contribution in [3.8, 4) is 0 Å². The Morgan fingerprint density at radius 2 is 1.89 bits per heavy atom. The molecule has 1 aromatic carbocycles. The molecule has 0 aliphatic heterocycles. The number of carboxylic acid groups (broad SMARTS) is 1. The molecule has 0 saturated carbocycles. The average molecular weight is 260 g/mol. The first-order valence-electron chi connectivity index (χ1n) is 5.57. The third-order valence-corrected chi connectivity index (χ3v) is 2.45. The van der Waals surface area contributed by atoms with Gasteiger partial charge in [0, 0.05) is 18.1 Å². The monoisotopic (exact) mass is 260 g/mol. The summed E-state index contributed by atoms with van der Waals surface area (Å²) in [6.07, 6.45) is 3.13. The largest absolute Gasteiger partial charge is 0.480 e. The second-order valence-corrected chi connectivity index (χ2v) is 3.92. The van der Waals surface area contributed by atoms with Gasteiger partial charge >= 0.3 is 12.0 Å². The number of fused-ring (bicyclic) bond motifs is 1. The number of rotatable bonds is 3. The van der Waals surface area contributed by atoms with Crippen molar-refractivity contribution < 1.29 is 14.7 Å². The molecule has 0 fully saturated rings. The number of nitrogens with one attached hydrogen (secondary N) is 2. The zero-order valence-corrected chi connectivity index (χ0v) is 10.1. The molecule has 3 N–H and O–H groups in total. The van der Waals surface area contributed by atoms with Crippen LogP contribution in [0.1, 0.15) is 6.92 Å². The van der Waals surface area contributed by atoms with Crippen molar-refractivity contribution in [2.75, 3.05) is 5.32 Å². The number of urea groups is 1. The molecule has 7 nitrogen and oxygen atoms in total. The summed E-state index contributed by atoms with van der Waals surface area (Å²) in [5, 5.41) is 13.5. The maximum absolute atomic E-state index is 11.5. The van der Waals surface area contributed by atoms with Crippen molar-refractivity contribution >= 4 is 28.7 Å². The van der Waals surface area contributed by atoms with E-state index in [1.54, 1.807) is 30.6 Å². The summed E-state index contributed by atoms with van der Waals surface area (Å²) < 4.78 is 0.